The third-order valence-corrected chi connectivity index (χ3v) is 4.74. The maximum absolute atomic E-state index is 12.7. The molecule has 0 aliphatic carbocycles. The lowest BCUT2D eigenvalue weighted by atomic mass is 9.96. The fourth-order valence-corrected chi connectivity index (χ4v) is 3.04. The first kappa shape index (κ1) is 17.5. The molecule has 1 aromatic heterocycles. The van der Waals surface area contributed by atoms with Gasteiger partial charge in [0.15, 0.2) is 0 Å². The van der Waals surface area contributed by atoms with Gasteiger partial charge >= 0.3 is 0 Å². The molecule has 1 saturated heterocycles. The zero-order valence-electron chi connectivity index (χ0n) is 14.3. The maximum atomic E-state index is 12.7. The second kappa shape index (κ2) is 7.28. The van der Waals surface area contributed by atoms with Gasteiger partial charge in [-0.1, -0.05) is 12.1 Å². The highest BCUT2D eigenvalue weighted by Crippen LogP contribution is 2.23. The smallest absolute Gasteiger partial charge is 0.253 e. The Morgan fingerprint density at radius 2 is 2.00 bits per heavy atom. The highest BCUT2D eigenvalue weighted by molar-refractivity contribution is 5.94. The third-order valence-electron chi connectivity index (χ3n) is 4.74. The van der Waals surface area contributed by atoms with Crippen LogP contribution in [0, 0.1) is 6.92 Å². The molecular formula is C17H23N5O3. The zero-order valence-corrected chi connectivity index (χ0v) is 14.3. The molecule has 8 heteroatoms. The van der Waals surface area contributed by atoms with E-state index in [1.807, 2.05) is 19.1 Å². The monoisotopic (exact) mass is 345 g/mol. The van der Waals surface area contributed by atoms with Crippen LogP contribution < -0.4 is 0 Å². The molecular weight excluding hydrogens is 322 g/mol. The predicted octanol–water partition coefficient (Wildman–Crippen LogP) is 0.379. The van der Waals surface area contributed by atoms with E-state index in [-0.39, 0.29) is 12.5 Å². The first-order chi connectivity index (χ1) is 12.0. The minimum atomic E-state index is -1.07. The number of benzene rings is 1. The van der Waals surface area contributed by atoms with Crippen LogP contribution in [0.4, 0.5) is 0 Å². The highest BCUT2D eigenvalue weighted by Gasteiger charge is 2.31. The van der Waals surface area contributed by atoms with Crippen molar-refractivity contribution < 1.29 is 15.0 Å². The number of nitrogens with zero attached hydrogens (tertiary/aromatic N) is 5. The standard InChI is InChI=1S/C17H23N5O3/c1-13-18-19-20-22(13)11-14-3-5-15(6-4-14)16(24)21-9-2-7-17(25,12-23)8-10-21/h3-6,23,25H,2,7-12H2,1H3/t17-/m1/s1. The molecule has 25 heavy (non-hydrogen) atoms. The summed E-state index contributed by atoms with van der Waals surface area (Å²) in [4.78, 5) is 14.4. The van der Waals surface area contributed by atoms with Crippen LogP contribution in [0.1, 0.15) is 41.0 Å². The van der Waals surface area contributed by atoms with Gasteiger partial charge in [-0.2, -0.15) is 0 Å². The van der Waals surface area contributed by atoms with Crippen LogP contribution in [0.25, 0.3) is 0 Å². The quantitative estimate of drug-likeness (QED) is 0.830. The zero-order chi connectivity index (χ0) is 17.9. The van der Waals surface area contributed by atoms with Crippen LogP contribution in [-0.4, -0.2) is 66.5 Å². The Morgan fingerprint density at radius 3 is 2.64 bits per heavy atom. The van der Waals surface area contributed by atoms with E-state index in [2.05, 4.69) is 15.5 Å². The second-order valence-corrected chi connectivity index (χ2v) is 6.61. The summed E-state index contributed by atoms with van der Waals surface area (Å²) in [6, 6.07) is 7.41. The average Bonchev–Trinajstić information content (AvgIpc) is 2.91. The van der Waals surface area contributed by atoms with Gasteiger partial charge in [-0.3, -0.25) is 4.79 Å². The van der Waals surface area contributed by atoms with Crippen molar-refractivity contribution in [3.63, 3.8) is 0 Å². The van der Waals surface area contributed by atoms with Crippen LogP contribution in [0.3, 0.4) is 0 Å². The molecule has 1 aliphatic heterocycles. The Balaban J connectivity index is 1.65. The molecule has 0 unspecified atom stereocenters. The van der Waals surface area contributed by atoms with Gasteiger partial charge < -0.3 is 15.1 Å². The van der Waals surface area contributed by atoms with Gasteiger partial charge in [-0.05, 0) is 54.3 Å². The summed E-state index contributed by atoms with van der Waals surface area (Å²) in [6.45, 7) is 3.17. The molecule has 1 atom stereocenters. The molecule has 2 aromatic rings. The lowest BCUT2D eigenvalue weighted by Gasteiger charge is -2.24. The number of hydrogen-bond donors (Lipinski definition) is 2. The van der Waals surface area contributed by atoms with Crippen molar-refractivity contribution in [3.05, 3.63) is 41.2 Å². The molecule has 0 radical (unpaired) electrons. The molecule has 3 rings (SSSR count). The first-order valence-corrected chi connectivity index (χ1v) is 8.45. The van der Waals surface area contributed by atoms with E-state index in [1.165, 1.54) is 0 Å². The van der Waals surface area contributed by atoms with Gasteiger partial charge in [-0.15, -0.1) is 5.10 Å². The number of aliphatic hydroxyl groups is 2. The number of amides is 1. The SMILES string of the molecule is Cc1nnnn1Cc1ccc(C(=O)N2CCC[C@](O)(CO)CC2)cc1. The molecule has 1 amide bonds. The Kier molecular flexibility index (Phi) is 5.10. The molecule has 8 nitrogen and oxygen atoms in total. The molecule has 1 aliphatic rings. The van der Waals surface area contributed by atoms with Crippen LogP contribution in [-0.2, 0) is 6.54 Å². The summed E-state index contributed by atoms with van der Waals surface area (Å²) in [6.07, 6.45) is 1.59. The van der Waals surface area contributed by atoms with Gasteiger partial charge in [0.25, 0.3) is 5.91 Å². The number of aromatic nitrogens is 4. The van der Waals surface area contributed by atoms with Crippen molar-refractivity contribution in [2.75, 3.05) is 19.7 Å². The fourth-order valence-electron chi connectivity index (χ4n) is 3.04. The lowest BCUT2D eigenvalue weighted by Crippen LogP contribution is -2.36. The van der Waals surface area contributed by atoms with E-state index >= 15 is 0 Å². The van der Waals surface area contributed by atoms with Crippen LogP contribution >= 0.6 is 0 Å². The third kappa shape index (κ3) is 4.02. The van der Waals surface area contributed by atoms with Crippen LogP contribution in [0.2, 0.25) is 0 Å². The van der Waals surface area contributed by atoms with Crippen molar-refractivity contribution in [2.45, 2.75) is 38.3 Å². The van der Waals surface area contributed by atoms with E-state index in [9.17, 15) is 15.0 Å². The molecule has 0 bridgehead atoms. The summed E-state index contributed by atoms with van der Waals surface area (Å²) in [5.41, 5.74) is 0.562. The molecule has 2 heterocycles. The number of carbonyl (C=O) groups excluding carboxylic acids is 1. The van der Waals surface area contributed by atoms with Gasteiger partial charge in [0.1, 0.15) is 5.82 Å². The molecule has 2 N–H and O–H groups in total. The Morgan fingerprint density at radius 1 is 1.24 bits per heavy atom. The van der Waals surface area contributed by atoms with E-state index in [0.29, 0.717) is 44.5 Å². The predicted molar refractivity (Wildman–Crippen MR) is 89.9 cm³/mol. The number of likely N-dealkylation sites (tertiary alicyclic amines) is 1. The van der Waals surface area contributed by atoms with Crippen LogP contribution in [0.15, 0.2) is 24.3 Å². The highest BCUT2D eigenvalue weighted by atomic mass is 16.3. The summed E-state index contributed by atoms with van der Waals surface area (Å²) in [7, 11) is 0. The molecule has 1 fully saturated rings. The normalized spacial score (nSPS) is 21.2. The molecule has 0 spiro atoms. The molecule has 0 saturated carbocycles. The largest absolute Gasteiger partial charge is 0.393 e. The lowest BCUT2D eigenvalue weighted by molar-refractivity contribution is -0.0250. The van der Waals surface area contributed by atoms with Crippen molar-refractivity contribution in [3.8, 4) is 0 Å². The molecule has 1 aromatic carbocycles. The van der Waals surface area contributed by atoms with Crippen molar-refractivity contribution in [2.24, 2.45) is 0 Å². The number of aryl methyl sites for hydroxylation is 1. The van der Waals surface area contributed by atoms with E-state index in [4.69, 9.17) is 0 Å². The van der Waals surface area contributed by atoms with E-state index < -0.39 is 5.60 Å². The average molecular weight is 345 g/mol. The number of carbonyl (C=O) groups is 1. The maximum Gasteiger partial charge on any atom is 0.253 e. The number of tetrazole rings is 1. The number of hydrogen-bond acceptors (Lipinski definition) is 6. The summed E-state index contributed by atoms with van der Waals surface area (Å²) in [5.74, 6) is 0.688. The van der Waals surface area contributed by atoms with Crippen molar-refractivity contribution in [1.29, 1.82) is 0 Å². The van der Waals surface area contributed by atoms with E-state index in [1.54, 1.807) is 21.7 Å². The fraction of sp³-hybridized carbons (Fsp3) is 0.529. The Hall–Kier alpha value is -2.32. The van der Waals surface area contributed by atoms with Gasteiger partial charge in [0, 0.05) is 18.7 Å². The minimum absolute atomic E-state index is 0.0488. The summed E-state index contributed by atoms with van der Waals surface area (Å²) in [5, 5.41) is 30.9. The molecule has 134 valence electrons. The van der Waals surface area contributed by atoms with E-state index in [0.717, 1.165) is 11.4 Å². The van der Waals surface area contributed by atoms with Gasteiger partial charge in [0.2, 0.25) is 0 Å². The van der Waals surface area contributed by atoms with Crippen molar-refractivity contribution >= 4 is 5.91 Å². The van der Waals surface area contributed by atoms with Crippen LogP contribution in [0.5, 0.6) is 0 Å². The second-order valence-electron chi connectivity index (χ2n) is 6.61. The Bertz CT molecular complexity index is 730. The van der Waals surface area contributed by atoms with Crippen molar-refractivity contribution in [1.82, 2.24) is 25.1 Å². The first-order valence-electron chi connectivity index (χ1n) is 8.45. The Labute approximate surface area is 146 Å². The number of rotatable bonds is 4. The van der Waals surface area contributed by atoms with Gasteiger partial charge in [-0.25, -0.2) is 4.68 Å². The topological polar surface area (TPSA) is 104 Å². The minimum Gasteiger partial charge on any atom is -0.393 e. The summed E-state index contributed by atoms with van der Waals surface area (Å²) >= 11 is 0. The van der Waals surface area contributed by atoms with Gasteiger partial charge in [0.05, 0.1) is 18.8 Å². The number of aliphatic hydroxyl groups excluding tert-OH is 1. The summed E-state index contributed by atoms with van der Waals surface area (Å²) < 4.78 is 1.70.